The maximum atomic E-state index is 12.6. The largest absolute Gasteiger partial charge is 0.348 e. The number of benzene rings is 1. The van der Waals surface area contributed by atoms with Crippen molar-refractivity contribution in [1.82, 2.24) is 10.6 Å². The molecule has 1 aromatic carbocycles. The van der Waals surface area contributed by atoms with Crippen LogP contribution in [0, 0.1) is 5.92 Å². The highest BCUT2D eigenvalue weighted by Gasteiger charge is 2.31. The summed E-state index contributed by atoms with van der Waals surface area (Å²) in [5.74, 6) is 0.00958. The van der Waals surface area contributed by atoms with Gasteiger partial charge in [0.25, 0.3) is 0 Å². The third-order valence-corrected chi connectivity index (χ3v) is 4.71. The van der Waals surface area contributed by atoms with Crippen molar-refractivity contribution < 1.29 is 9.59 Å². The van der Waals surface area contributed by atoms with Gasteiger partial charge in [-0.1, -0.05) is 40.9 Å². The molecule has 0 spiro atoms. The third-order valence-electron chi connectivity index (χ3n) is 4.22. The van der Waals surface area contributed by atoms with Gasteiger partial charge in [0.15, 0.2) is 0 Å². The van der Waals surface area contributed by atoms with Gasteiger partial charge < -0.3 is 10.6 Å². The summed E-state index contributed by atoms with van der Waals surface area (Å²) in [4.78, 5) is 24.0. The molecule has 1 fully saturated rings. The van der Waals surface area contributed by atoms with E-state index in [2.05, 4.69) is 26.6 Å². The fourth-order valence-corrected chi connectivity index (χ4v) is 3.49. The molecule has 0 heterocycles. The molecule has 0 radical (unpaired) electrons. The summed E-state index contributed by atoms with van der Waals surface area (Å²) in [6.45, 7) is 3.42. The first-order valence-corrected chi connectivity index (χ1v) is 8.59. The first kappa shape index (κ1) is 17.0. The van der Waals surface area contributed by atoms with E-state index in [4.69, 9.17) is 0 Å². The van der Waals surface area contributed by atoms with E-state index in [1.54, 1.807) is 0 Å². The zero-order chi connectivity index (χ0) is 16.1. The Hall–Kier alpha value is -1.36. The first-order chi connectivity index (χ1) is 10.5. The molecule has 2 rings (SSSR count). The molecule has 22 heavy (non-hydrogen) atoms. The van der Waals surface area contributed by atoms with Crippen LogP contribution in [-0.4, -0.2) is 17.9 Å². The van der Waals surface area contributed by atoms with Crippen molar-refractivity contribution >= 4 is 27.7 Å². The van der Waals surface area contributed by atoms with Crippen molar-refractivity contribution in [1.29, 1.82) is 0 Å². The summed E-state index contributed by atoms with van der Waals surface area (Å²) >= 11 is 3.44. The predicted molar refractivity (Wildman–Crippen MR) is 90.3 cm³/mol. The van der Waals surface area contributed by atoms with Crippen LogP contribution in [-0.2, 0) is 9.59 Å². The fraction of sp³-hybridized carbons (Fsp3) is 0.529. The predicted octanol–water partition coefficient (Wildman–Crippen LogP) is 3.32. The van der Waals surface area contributed by atoms with Gasteiger partial charge in [-0.25, -0.2) is 0 Å². The number of halogens is 1. The van der Waals surface area contributed by atoms with E-state index in [1.165, 1.54) is 6.92 Å². The molecule has 4 nitrogen and oxygen atoms in total. The van der Waals surface area contributed by atoms with Gasteiger partial charge in [0.1, 0.15) is 6.04 Å². The van der Waals surface area contributed by atoms with Crippen LogP contribution in [0.4, 0.5) is 0 Å². The molecule has 2 N–H and O–H groups in total. The highest BCUT2D eigenvalue weighted by Crippen LogP contribution is 2.28. The van der Waals surface area contributed by atoms with Crippen molar-refractivity contribution in [3.05, 3.63) is 34.3 Å². The topological polar surface area (TPSA) is 58.2 Å². The van der Waals surface area contributed by atoms with Crippen molar-refractivity contribution in [3.63, 3.8) is 0 Å². The van der Waals surface area contributed by atoms with E-state index in [0.29, 0.717) is 0 Å². The minimum absolute atomic E-state index is 0.0884. The number of nitrogens with one attached hydrogen (secondary N) is 2. The third kappa shape index (κ3) is 4.57. The Morgan fingerprint density at radius 2 is 1.91 bits per heavy atom. The molecule has 1 aliphatic rings. The van der Waals surface area contributed by atoms with Gasteiger partial charge in [0.2, 0.25) is 11.8 Å². The Labute approximate surface area is 140 Å². The molecule has 5 heteroatoms. The van der Waals surface area contributed by atoms with E-state index >= 15 is 0 Å². The average Bonchev–Trinajstić information content (AvgIpc) is 2.98. The SMILES string of the molecule is CC(=O)NC(C(=O)NC(C)c1cccc(Br)c1)C1CCCC1. The van der Waals surface area contributed by atoms with Gasteiger partial charge in [-0.3, -0.25) is 9.59 Å². The minimum Gasteiger partial charge on any atom is -0.348 e. The fourth-order valence-electron chi connectivity index (χ4n) is 3.07. The second-order valence-electron chi connectivity index (χ2n) is 6.01. The van der Waals surface area contributed by atoms with Gasteiger partial charge in [0, 0.05) is 11.4 Å². The maximum Gasteiger partial charge on any atom is 0.243 e. The monoisotopic (exact) mass is 366 g/mol. The Morgan fingerprint density at radius 1 is 1.23 bits per heavy atom. The van der Waals surface area contributed by atoms with E-state index in [1.807, 2.05) is 31.2 Å². The number of hydrogen-bond acceptors (Lipinski definition) is 2. The van der Waals surface area contributed by atoms with Crippen molar-refractivity contribution in [2.75, 3.05) is 0 Å². The van der Waals surface area contributed by atoms with Crippen LogP contribution in [0.2, 0.25) is 0 Å². The number of amides is 2. The normalized spacial score (nSPS) is 17.8. The summed E-state index contributed by atoms with van der Waals surface area (Å²) in [7, 11) is 0. The van der Waals surface area contributed by atoms with Gasteiger partial charge >= 0.3 is 0 Å². The lowest BCUT2D eigenvalue weighted by Gasteiger charge is -2.25. The molecule has 1 aliphatic carbocycles. The summed E-state index contributed by atoms with van der Waals surface area (Å²) in [6.07, 6.45) is 4.28. The molecule has 1 saturated carbocycles. The van der Waals surface area contributed by atoms with E-state index < -0.39 is 6.04 Å². The average molecular weight is 367 g/mol. The smallest absolute Gasteiger partial charge is 0.243 e. The molecule has 120 valence electrons. The van der Waals surface area contributed by atoms with Crippen molar-refractivity contribution in [3.8, 4) is 0 Å². The van der Waals surface area contributed by atoms with Crippen LogP contribution < -0.4 is 10.6 Å². The second kappa shape index (κ2) is 7.77. The van der Waals surface area contributed by atoms with Gasteiger partial charge in [-0.05, 0) is 43.4 Å². The number of rotatable bonds is 5. The Bertz CT molecular complexity index is 541. The lowest BCUT2D eigenvalue weighted by Crippen LogP contribution is -2.50. The van der Waals surface area contributed by atoms with Crippen molar-refractivity contribution in [2.45, 2.75) is 51.6 Å². The molecule has 2 unspecified atom stereocenters. The number of carbonyl (C=O) groups excluding carboxylic acids is 2. The Kier molecular flexibility index (Phi) is 6.00. The quantitative estimate of drug-likeness (QED) is 0.839. The van der Waals surface area contributed by atoms with Gasteiger partial charge in [-0.2, -0.15) is 0 Å². The Balaban J connectivity index is 2.04. The zero-order valence-electron chi connectivity index (χ0n) is 13.1. The zero-order valence-corrected chi connectivity index (χ0v) is 14.7. The van der Waals surface area contributed by atoms with Gasteiger partial charge in [0.05, 0.1) is 6.04 Å². The first-order valence-electron chi connectivity index (χ1n) is 7.80. The Morgan fingerprint density at radius 3 is 2.50 bits per heavy atom. The summed E-state index contributed by atoms with van der Waals surface area (Å²) in [6, 6.07) is 7.37. The van der Waals surface area contributed by atoms with E-state index in [9.17, 15) is 9.59 Å². The standard InChI is InChI=1S/C17H23BrN2O2/c1-11(14-8-5-9-15(18)10-14)19-17(22)16(20-12(2)21)13-6-3-4-7-13/h5,8-11,13,16H,3-4,6-7H2,1-2H3,(H,19,22)(H,20,21). The molecular weight excluding hydrogens is 344 g/mol. The molecule has 2 atom stereocenters. The van der Waals surface area contributed by atoms with Crippen LogP contribution in [0.25, 0.3) is 0 Å². The summed E-state index contributed by atoms with van der Waals surface area (Å²) in [5, 5.41) is 5.86. The second-order valence-corrected chi connectivity index (χ2v) is 6.92. The minimum atomic E-state index is -0.422. The molecule has 0 aliphatic heterocycles. The van der Waals surface area contributed by atoms with Crippen LogP contribution >= 0.6 is 15.9 Å². The van der Waals surface area contributed by atoms with Crippen LogP contribution in [0.1, 0.15) is 51.1 Å². The highest BCUT2D eigenvalue weighted by molar-refractivity contribution is 9.10. The lowest BCUT2D eigenvalue weighted by molar-refractivity contribution is -0.129. The number of carbonyl (C=O) groups is 2. The van der Waals surface area contributed by atoms with E-state index in [0.717, 1.165) is 35.7 Å². The lowest BCUT2D eigenvalue weighted by atomic mass is 9.96. The number of hydrogen-bond donors (Lipinski definition) is 2. The molecule has 0 aromatic heterocycles. The molecular formula is C17H23BrN2O2. The van der Waals surface area contributed by atoms with Gasteiger partial charge in [-0.15, -0.1) is 0 Å². The van der Waals surface area contributed by atoms with Crippen LogP contribution in [0.3, 0.4) is 0 Å². The van der Waals surface area contributed by atoms with Crippen LogP contribution in [0.5, 0.6) is 0 Å². The summed E-state index contributed by atoms with van der Waals surface area (Å²) in [5.41, 5.74) is 1.04. The molecule has 2 amide bonds. The van der Waals surface area contributed by atoms with Crippen molar-refractivity contribution in [2.24, 2.45) is 5.92 Å². The maximum absolute atomic E-state index is 12.6. The molecule has 0 bridgehead atoms. The summed E-state index contributed by atoms with van der Waals surface area (Å²) < 4.78 is 0.986. The van der Waals surface area contributed by atoms with E-state index in [-0.39, 0.29) is 23.8 Å². The highest BCUT2D eigenvalue weighted by atomic mass is 79.9. The molecule has 0 saturated heterocycles. The van der Waals surface area contributed by atoms with Crippen LogP contribution in [0.15, 0.2) is 28.7 Å². The molecule has 1 aromatic rings.